The molecule has 1 heterocycles. The molecule has 0 aliphatic carbocycles. The van der Waals surface area contributed by atoms with Crippen LogP contribution >= 0.6 is 0 Å². The highest BCUT2D eigenvalue weighted by Gasteiger charge is 2.16. The van der Waals surface area contributed by atoms with Gasteiger partial charge in [0.05, 0.1) is 15.9 Å². The number of carbonyl (C=O) groups excluding carboxylic acids is 1. The number of aromatic nitrogens is 1. The van der Waals surface area contributed by atoms with Gasteiger partial charge in [-0.3, -0.25) is 19.7 Å². The lowest BCUT2D eigenvalue weighted by Gasteiger charge is -2.03. The Morgan fingerprint density at radius 1 is 1.09 bits per heavy atom. The van der Waals surface area contributed by atoms with Gasteiger partial charge in [-0.1, -0.05) is 30.3 Å². The van der Waals surface area contributed by atoms with E-state index < -0.39 is 16.1 Å². The average Bonchev–Trinajstić information content (AvgIpc) is 2.55. The van der Waals surface area contributed by atoms with Gasteiger partial charge < -0.3 is 4.98 Å². The van der Waals surface area contributed by atoms with Gasteiger partial charge in [0, 0.05) is 29.4 Å². The summed E-state index contributed by atoms with van der Waals surface area (Å²) in [5.74, 6) is -0.421. The quantitative estimate of drug-likeness (QED) is 0.456. The second kappa shape index (κ2) is 5.25. The van der Waals surface area contributed by atoms with Crippen LogP contribution in [0, 0.1) is 10.1 Å². The van der Waals surface area contributed by atoms with Gasteiger partial charge in [0.1, 0.15) is 0 Å². The molecule has 108 valence electrons. The van der Waals surface area contributed by atoms with Crippen LogP contribution in [0.1, 0.15) is 15.9 Å². The van der Waals surface area contributed by atoms with Crippen LogP contribution in [-0.4, -0.2) is 15.7 Å². The molecule has 0 spiro atoms. The van der Waals surface area contributed by atoms with Crippen molar-refractivity contribution < 1.29 is 9.72 Å². The van der Waals surface area contributed by atoms with Gasteiger partial charge in [0.2, 0.25) is 5.43 Å². The van der Waals surface area contributed by atoms with Crippen molar-refractivity contribution in [3.05, 3.63) is 86.2 Å². The summed E-state index contributed by atoms with van der Waals surface area (Å²) in [5.41, 5.74) is 0.0748. The number of nitrogens with zero attached hydrogens (tertiary/aromatic N) is 1. The Morgan fingerprint density at radius 2 is 1.82 bits per heavy atom. The summed E-state index contributed by atoms with van der Waals surface area (Å²) in [7, 11) is 0. The zero-order chi connectivity index (χ0) is 15.7. The molecule has 0 aliphatic heterocycles. The number of H-pyrrole nitrogens is 1. The molecule has 0 saturated heterocycles. The lowest BCUT2D eigenvalue weighted by atomic mass is 10.0. The molecule has 0 atom stereocenters. The maximum absolute atomic E-state index is 12.5. The highest BCUT2D eigenvalue weighted by Crippen LogP contribution is 2.17. The number of nitro groups is 1. The normalized spacial score (nSPS) is 10.5. The van der Waals surface area contributed by atoms with Crippen LogP contribution in [0.3, 0.4) is 0 Å². The number of ketones is 1. The molecule has 22 heavy (non-hydrogen) atoms. The maximum atomic E-state index is 12.5. The van der Waals surface area contributed by atoms with Crippen LogP contribution in [0.25, 0.3) is 10.9 Å². The zero-order valence-electron chi connectivity index (χ0n) is 11.3. The molecular formula is C16H10N2O4. The van der Waals surface area contributed by atoms with E-state index in [0.29, 0.717) is 11.1 Å². The van der Waals surface area contributed by atoms with Crippen LogP contribution < -0.4 is 5.43 Å². The molecule has 2 aromatic carbocycles. The topological polar surface area (TPSA) is 93.1 Å². The second-order valence-electron chi connectivity index (χ2n) is 4.71. The maximum Gasteiger partial charge on any atom is 0.270 e. The molecule has 1 N–H and O–H groups in total. The van der Waals surface area contributed by atoms with E-state index >= 15 is 0 Å². The summed E-state index contributed by atoms with van der Waals surface area (Å²) in [6.07, 6.45) is 1.34. The summed E-state index contributed by atoms with van der Waals surface area (Å²) in [4.78, 5) is 37.9. The molecular weight excluding hydrogens is 284 g/mol. The highest BCUT2D eigenvalue weighted by atomic mass is 16.6. The fraction of sp³-hybridized carbons (Fsp3) is 0. The molecule has 3 rings (SSSR count). The predicted molar refractivity (Wildman–Crippen MR) is 81.1 cm³/mol. The Balaban J connectivity index is 2.20. The number of carbonyl (C=O) groups is 1. The first-order valence-corrected chi connectivity index (χ1v) is 6.47. The van der Waals surface area contributed by atoms with Crippen LogP contribution in [-0.2, 0) is 0 Å². The molecule has 0 bridgehead atoms. The minimum absolute atomic E-state index is 0.0424. The van der Waals surface area contributed by atoms with Crippen LogP contribution in [0.2, 0.25) is 0 Å². The van der Waals surface area contributed by atoms with E-state index in [9.17, 15) is 19.7 Å². The Bertz CT molecular complexity index is 945. The van der Waals surface area contributed by atoms with Crippen molar-refractivity contribution >= 4 is 22.4 Å². The Kier molecular flexibility index (Phi) is 3.27. The first kappa shape index (κ1) is 13.7. The van der Waals surface area contributed by atoms with Crippen molar-refractivity contribution in [1.29, 1.82) is 0 Å². The summed E-state index contributed by atoms with van der Waals surface area (Å²) < 4.78 is 0. The molecule has 1 aromatic heterocycles. The minimum atomic E-state index is -0.579. The predicted octanol–water partition coefficient (Wildman–Crippen LogP) is 2.67. The van der Waals surface area contributed by atoms with E-state index in [0.717, 1.165) is 0 Å². The standard InChI is InChI=1S/C16H10N2O4/c19-15(10-4-2-1-3-5-10)13-9-17-14-7-6-11(18(21)22)8-12(14)16(13)20/h1-9H,(H,17,20). The Morgan fingerprint density at radius 3 is 2.50 bits per heavy atom. The summed E-state index contributed by atoms with van der Waals surface area (Å²) in [6, 6.07) is 12.3. The van der Waals surface area contributed by atoms with E-state index in [2.05, 4.69) is 4.98 Å². The number of non-ortho nitro benzene ring substituents is 1. The fourth-order valence-corrected chi connectivity index (χ4v) is 2.23. The number of hydrogen-bond acceptors (Lipinski definition) is 4. The highest BCUT2D eigenvalue weighted by molar-refractivity contribution is 6.10. The van der Waals surface area contributed by atoms with Crippen molar-refractivity contribution in [3.8, 4) is 0 Å². The van der Waals surface area contributed by atoms with E-state index in [1.807, 2.05) is 0 Å². The minimum Gasteiger partial charge on any atom is -0.360 e. The van der Waals surface area contributed by atoms with E-state index in [1.54, 1.807) is 30.3 Å². The molecule has 6 nitrogen and oxygen atoms in total. The third-order valence-corrected chi connectivity index (χ3v) is 3.36. The smallest absolute Gasteiger partial charge is 0.270 e. The molecule has 0 radical (unpaired) electrons. The molecule has 6 heteroatoms. The van der Waals surface area contributed by atoms with Gasteiger partial charge in [-0.05, 0) is 6.07 Å². The SMILES string of the molecule is O=C(c1ccccc1)c1c[nH]c2ccc([N+](=O)[O-])cc2c1=O. The lowest BCUT2D eigenvalue weighted by Crippen LogP contribution is -2.16. The molecule has 0 amide bonds. The number of nitro benzene ring substituents is 1. The average molecular weight is 294 g/mol. The van der Waals surface area contributed by atoms with Gasteiger partial charge in [0.25, 0.3) is 5.69 Å². The first-order chi connectivity index (χ1) is 10.6. The summed E-state index contributed by atoms with van der Waals surface area (Å²) >= 11 is 0. The fourth-order valence-electron chi connectivity index (χ4n) is 2.23. The molecule has 3 aromatic rings. The monoisotopic (exact) mass is 294 g/mol. The van der Waals surface area contributed by atoms with Crippen molar-refractivity contribution in [2.45, 2.75) is 0 Å². The van der Waals surface area contributed by atoms with Gasteiger partial charge in [-0.25, -0.2) is 0 Å². The third-order valence-electron chi connectivity index (χ3n) is 3.36. The van der Waals surface area contributed by atoms with Crippen LogP contribution in [0.5, 0.6) is 0 Å². The zero-order valence-corrected chi connectivity index (χ0v) is 11.3. The van der Waals surface area contributed by atoms with Crippen molar-refractivity contribution in [2.75, 3.05) is 0 Å². The molecule has 0 unspecified atom stereocenters. The van der Waals surface area contributed by atoms with Gasteiger partial charge in [0.15, 0.2) is 5.78 Å². The third kappa shape index (κ3) is 2.26. The van der Waals surface area contributed by atoms with Crippen LogP contribution in [0.4, 0.5) is 5.69 Å². The van der Waals surface area contributed by atoms with Crippen LogP contribution in [0.15, 0.2) is 59.5 Å². The summed E-state index contributed by atoms with van der Waals surface area (Å²) in [6.45, 7) is 0. The van der Waals surface area contributed by atoms with E-state index in [-0.39, 0.29) is 16.6 Å². The van der Waals surface area contributed by atoms with E-state index in [1.165, 1.54) is 24.4 Å². The summed E-state index contributed by atoms with van der Waals surface area (Å²) in [5, 5.41) is 10.9. The number of hydrogen-bond donors (Lipinski definition) is 1. The lowest BCUT2D eigenvalue weighted by molar-refractivity contribution is -0.384. The first-order valence-electron chi connectivity index (χ1n) is 6.47. The van der Waals surface area contributed by atoms with Gasteiger partial charge >= 0.3 is 0 Å². The number of benzene rings is 2. The molecule has 0 fully saturated rings. The van der Waals surface area contributed by atoms with Crippen molar-refractivity contribution in [3.63, 3.8) is 0 Å². The Labute approximate surface area is 124 Å². The number of aromatic amines is 1. The van der Waals surface area contributed by atoms with Gasteiger partial charge in [-0.15, -0.1) is 0 Å². The number of rotatable bonds is 3. The number of pyridine rings is 1. The number of fused-ring (bicyclic) bond motifs is 1. The van der Waals surface area contributed by atoms with Crippen molar-refractivity contribution in [1.82, 2.24) is 4.98 Å². The number of nitrogens with one attached hydrogen (secondary N) is 1. The Hall–Kier alpha value is -3.28. The largest absolute Gasteiger partial charge is 0.360 e. The van der Waals surface area contributed by atoms with E-state index in [4.69, 9.17) is 0 Å². The second-order valence-corrected chi connectivity index (χ2v) is 4.71. The molecule has 0 saturated carbocycles. The van der Waals surface area contributed by atoms with Crippen molar-refractivity contribution in [2.24, 2.45) is 0 Å². The van der Waals surface area contributed by atoms with Gasteiger partial charge in [-0.2, -0.15) is 0 Å². The molecule has 0 aliphatic rings.